The van der Waals surface area contributed by atoms with E-state index in [1.165, 1.54) is 5.56 Å². The van der Waals surface area contributed by atoms with Crippen LogP contribution in [-0.2, 0) is 11.3 Å². The van der Waals surface area contributed by atoms with E-state index in [0.29, 0.717) is 18.9 Å². The molecule has 6 nitrogen and oxygen atoms in total. The van der Waals surface area contributed by atoms with E-state index >= 15 is 0 Å². The van der Waals surface area contributed by atoms with Gasteiger partial charge in [-0.3, -0.25) is 4.79 Å². The summed E-state index contributed by atoms with van der Waals surface area (Å²) in [6.07, 6.45) is 2.48. The fraction of sp³-hybridized carbons (Fsp3) is 0.600. The molecule has 1 atom stereocenters. The van der Waals surface area contributed by atoms with Crippen LogP contribution in [0.1, 0.15) is 44.2 Å². The molecule has 3 amide bonds. The molecule has 0 radical (unpaired) electrons. The van der Waals surface area contributed by atoms with Crippen molar-refractivity contribution in [3.05, 3.63) is 35.4 Å². The molecule has 4 N–H and O–H groups in total. The molecule has 1 unspecified atom stereocenters. The van der Waals surface area contributed by atoms with E-state index in [0.717, 1.165) is 31.5 Å². The van der Waals surface area contributed by atoms with Crippen LogP contribution in [0.15, 0.2) is 24.3 Å². The van der Waals surface area contributed by atoms with E-state index in [2.05, 4.69) is 35.1 Å². The molecule has 1 fully saturated rings. The summed E-state index contributed by atoms with van der Waals surface area (Å²) >= 11 is 0. The summed E-state index contributed by atoms with van der Waals surface area (Å²) < 4.78 is 0. The minimum absolute atomic E-state index is 0.0870. The minimum atomic E-state index is -0.511. The molecular weight excluding hydrogens is 328 g/mol. The zero-order valence-corrected chi connectivity index (χ0v) is 16.1. The number of nitrogens with one attached hydrogen (secondary N) is 4. The van der Waals surface area contributed by atoms with Gasteiger partial charge >= 0.3 is 6.03 Å². The number of rotatable bonds is 7. The lowest BCUT2D eigenvalue weighted by molar-refractivity contribution is -0.124. The molecule has 0 aromatic heterocycles. The van der Waals surface area contributed by atoms with Crippen molar-refractivity contribution >= 4 is 11.9 Å². The zero-order chi connectivity index (χ0) is 18.9. The molecule has 1 saturated heterocycles. The van der Waals surface area contributed by atoms with Gasteiger partial charge in [-0.25, -0.2) is 4.79 Å². The molecule has 1 heterocycles. The number of urea groups is 1. The van der Waals surface area contributed by atoms with Gasteiger partial charge in [0.25, 0.3) is 0 Å². The third-order valence-electron chi connectivity index (χ3n) is 4.59. The molecule has 1 aliphatic rings. The Hall–Kier alpha value is -2.08. The minimum Gasteiger partial charge on any atom is -0.351 e. The molecule has 6 heteroatoms. The highest BCUT2D eigenvalue weighted by molar-refractivity contribution is 5.87. The first kappa shape index (κ1) is 20.2. The average Bonchev–Trinajstić information content (AvgIpc) is 2.61. The first-order valence-corrected chi connectivity index (χ1v) is 9.55. The average molecular weight is 361 g/mol. The van der Waals surface area contributed by atoms with Crippen molar-refractivity contribution in [1.82, 2.24) is 21.3 Å². The highest BCUT2D eigenvalue weighted by Gasteiger charge is 2.24. The number of benzene rings is 1. The van der Waals surface area contributed by atoms with Crippen molar-refractivity contribution in [2.75, 3.05) is 13.1 Å². The summed E-state index contributed by atoms with van der Waals surface area (Å²) in [5.41, 5.74) is 2.22. The standard InChI is InChI=1S/C20H32N4O2/c1-14(2)12-18(19(25)23-17-8-10-21-11-9-17)24-20(26)22-13-16-6-4-15(3)5-7-16/h4-7,14,17-18,21H,8-13H2,1-3H3,(H,23,25)(H2,22,24,26). The summed E-state index contributed by atoms with van der Waals surface area (Å²) in [4.78, 5) is 24.9. The molecule has 0 spiro atoms. The number of piperidine rings is 1. The molecule has 1 aromatic rings. The van der Waals surface area contributed by atoms with Gasteiger partial charge in [-0.2, -0.15) is 0 Å². The van der Waals surface area contributed by atoms with Crippen LogP contribution >= 0.6 is 0 Å². The highest BCUT2D eigenvalue weighted by atomic mass is 16.2. The second-order valence-corrected chi connectivity index (χ2v) is 7.53. The Kier molecular flexibility index (Phi) is 7.91. The predicted molar refractivity (Wildman–Crippen MR) is 104 cm³/mol. The Bertz CT molecular complexity index is 580. The highest BCUT2D eigenvalue weighted by Crippen LogP contribution is 2.08. The Balaban J connectivity index is 1.85. The Morgan fingerprint density at radius 3 is 2.42 bits per heavy atom. The second-order valence-electron chi connectivity index (χ2n) is 7.53. The molecule has 2 rings (SSSR count). The largest absolute Gasteiger partial charge is 0.351 e. The lowest BCUT2D eigenvalue weighted by atomic mass is 10.0. The molecule has 0 saturated carbocycles. The van der Waals surface area contributed by atoms with Crippen molar-refractivity contribution in [1.29, 1.82) is 0 Å². The quantitative estimate of drug-likeness (QED) is 0.601. The van der Waals surface area contributed by atoms with Crippen molar-refractivity contribution in [2.45, 2.75) is 58.7 Å². The van der Waals surface area contributed by atoms with Gasteiger partial charge in [-0.1, -0.05) is 43.7 Å². The summed E-state index contributed by atoms with van der Waals surface area (Å²) in [6, 6.07) is 7.39. The first-order chi connectivity index (χ1) is 12.4. The Morgan fingerprint density at radius 2 is 1.81 bits per heavy atom. The number of hydrogen-bond acceptors (Lipinski definition) is 3. The molecule has 1 aromatic carbocycles. The number of carbonyl (C=O) groups excluding carboxylic acids is 2. The van der Waals surface area contributed by atoms with E-state index in [1.807, 2.05) is 31.2 Å². The van der Waals surface area contributed by atoms with E-state index in [1.54, 1.807) is 0 Å². The monoisotopic (exact) mass is 360 g/mol. The summed E-state index contributed by atoms with van der Waals surface area (Å²) in [5.74, 6) is 0.229. The molecule has 1 aliphatic heterocycles. The second kappa shape index (κ2) is 10.2. The van der Waals surface area contributed by atoms with Crippen LogP contribution in [0, 0.1) is 12.8 Å². The van der Waals surface area contributed by atoms with Crippen LogP contribution in [0.2, 0.25) is 0 Å². The van der Waals surface area contributed by atoms with Crippen molar-refractivity contribution in [2.24, 2.45) is 5.92 Å². The summed E-state index contributed by atoms with van der Waals surface area (Å²) in [6.45, 7) is 8.42. The van der Waals surface area contributed by atoms with Crippen LogP contribution in [-0.4, -0.2) is 37.1 Å². The smallest absolute Gasteiger partial charge is 0.315 e. The molecule has 26 heavy (non-hydrogen) atoms. The Morgan fingerprint density at radius 1 is 1.15 bits per heavy atom. The van der Waals surface area contributed by atoms with E-state index in [-0.39, 0.29) is 18.0 Å². The fourth-order valence-electron chi connectivity index (χ4n) is 3.07. The maximum absolute atomic E-state index is 12.6. The van der Waals surface area contributed by atoms with Gasteiger partial charge in [0.1, 0.15) is 6.04 Å². The number of amides is 3. The third kappa shape index (κ3) is 7.04. The maximum Gasteiger partial charge on any atom is 0.315 e. The fourth-order valence-corrected chi connectivity index (χ4v) is 3.07. The molecule has 0 aliphatic carbocycles. The predicted octanol–water partition coefficient (Wildman–Crippen LogP) is 2.08. The van der Waals surface area contributed by atoms with Crippen LogP contribution in [0.25, 0.3) is 0 Å². The van der Waals surface area contributed by atoms with Crippen LogP contribution in [0.5, 0.6) is 0 Å². The summed E-state index contributed by atoms with van der Waals surface area (Å²) in [5, 5.41) is 12.1. The normalized spacial score (nSPS) is 16.2. The van der Waals surface area contributed by atoms with Crippen molar-refractivity contribution in [3.63, 3.8) is 0 Å². The topological polar surface area (TPSA) is 82.3 Å². The van der Waals surface area contributed by atoms with Gasteiger partial charge in [0, 0.05) is 12.6 Å². The van der Waals surface area contributed by atoms with Gasteiger partial charge in [-0.05, 0) is 50.8 Å². The summed E-state index contributed by atoms with van der Waals surface area (Å²) in [7, 11) is 0. The van der Waals surface area contributed by atoms with E-state index in [4.69, 9.17) is 0 Å². The van der Waals surface area contributed by atoms with Gasteiger partial charge in [0.2, 0.25) is 5.91 Å². The van der Waals surface area contributed by atoms with Crippen LogP contribution < -0.4 is 21.3 Å². The first-order valence-electron chi connectivity index (χ1n) is 9.55. The number of carbonyl (C=O) groups is 2. The van der Waals surface area contributed by atoms with Gasteiger partial charge < -0.3 is 21.3 Å². The van der Waals surface area contributed by atoms with Gasteiger partial charge in [-0.15, -0.1) is 0 Å². The van der Waals surface area contributed by atoms with Crippen LogP contribution in [0.3, 0.4) is 0 Å². The Labute approximate surface area is 156 Å². The van der Waals surface area contributed by atoms with Gasteiger partial charge in [0.05, 0.1) is 0 Å². The van der Waals surface area contributed by atoms with Crippen molar-refractivity contribution < 1.29 is 9.59 Å². The van der Waals surface area contributed by atoms with Gasteiger partial charge in [0.15, 0.2) is 0 Å². The van der Waals surface area contributed by atoms with Crippen LogP contribution in [0.4, 0.5) is 4.79 Å². The van der Waals surface area contributed by atoms with E-state index in [9.17, 15) is 9.59 Å². The SMILES string of the molecule is Cc1ccc(CNC(=O)NC(CC(C)C)C(=O)NC2CCNCC2)cc1. The van der Waals surface area contributed by atoms with Crippen molar-refractivity contribution in [3.8, 4) is 0 Å². The lowest BCUT2D eigenvalue weighted by Gasteiger charge is -2.27. The molecular formula is C20H32N4O2. The molecule has 144 valence electrons. The number of hydrogen-bond donors (Lipinski definition) is 4. The molecule has 0 bridgehead atoms. The van der Waals surface area contributed by atoms with E-state index < -0.39 is 6.04 Å². The lowest BCUT2D eigenvalue weighted by Crippen LogP contribution is -2.53. The zero-order valence-electron chi connectivity index (χ0n) is 16.1. The number of aryl methyl sites for hydroxylation is 1. The third-order valence-corrected chi connectivity index (χ3v) is 4.59. The maximum atomic E-state index is 12.6.